The molecular weight excluding hydrogens is 406 g/mol. The van der Waals surface area contributed by atoms with Crippen molar-refractivity contribution in [3.8, 4) is 0 Å². The van der Waals surface area contributed by atoms with Crippen LogP contribution in [0.15, 0.2) is 121 Å². The molecule has 0 unspecified atom stereocenters. The van der Waals surface area contributed by atoms with Gasteiger partial charge < -0.3 is 0 Å². The van der Waals surface area contributed by atoms with E-state index in [1.54, 1.807) is 0 Å². The average molecular weight is 426 g/mol. The SMILES string of the molecule is c1ccc([P]([Fe][P](c2ccccc2)c2ccccc2)c2ccccc2)cc1. The second kappa shape index (κ2) is 9.45. The second-order valence-electron chi connectivity index (χ2n) is 5.95. The van der Waals surface area contributed by atoms with E-state index in [4.69, 9.17) is 0 Å². The molecule has 0 radical (unpaired) electrons. The first kappa shape index (κ1) is 18.6. The zero-order valence-electron chi connectivity index (χ0n) is 14.8. The van der Waals surface area contributed by atoms with E-state index in [9.17, 15) is 0 Å². The normalized spacial score (nSPS) is 11.2. The Bertz CT molecular complexity index is 785. The Morgan fingerprint density at radius 3 is 0.778 bits per heavy atom. The van der Waals surface area contributed by atoms with Gasteiger partial charge in [-0.05, 0) is 0 Å². The van der Waals surface area contributed by atoms with E-state index < -0.39 is 13.2 Å². The van der Waals surface area contributed by atoms with Crippen LogP contribution in [-0.4, -0.2) is 0 Å². The predicted octanol–water partition coefficient (Wildman–Crippen LogP) is 5.16. The molecule has 0 atom stereocenters. The van der Waals surface area contributed by atoms with Gasteiger partial charge >= 0.3 is 170 Å². The summed E-state index contributed by atoms with van der Waals surface area (Å²) in [5.74, 6) is 0. The molecular formula is C24H20FeP2. The van der Waals surface area contributed by atoms with Gasteiger partial charge in [0.1, 0.15) is 0 Å². The Hall–Kier alpha value is -1.74. The third-order valence-corrected chi connectivity index (χ3v) is 15.5. The summed E-state index contributed by atoms with van der Waals surface area (Å²) in [6.45, 7) is -0.817. The Labute approximate surface area is 169 Å². The molecule has 4 aromatic carbocycles. The van der Waals surface area contributed by atoms with Crippen LogP contribution in [0.2, 0.25) is 0 Å². The fraction of sp³-hybridized carbons (Fsp3) is 0. The summed E-state index contributed by atoms with van der Waals surface area (Å²) >= 11 is 1.17. The Morgan fingerprint density at radius 2 is 0.556 bits per heavy atom. The molecule has 0 aromatic heterocycles. The summed E-state index contributed by atoms with van der Waals surface area (Å²) in [6, 6.07) is 44.1. The first-order valence-electron chi connectivity index (χ1n) is 8.85. The van der Waals surface area contributed by atoms with Crippen molar-refractivity contribution in [2.45, 2.75) is 0 Å². The van der Waals surface area contributed by atoms with Crippen LogP contribution in [0.1, 0.15) is 0 Å². The molecule has 0 spiro atoms. The Balaban J connectivity index is 1.77. The summed E-state index contributed by atoms with van der Waals surface area (Å²) < 4.78 is 0. The van der Waals surface area contributed by atoms with Crippen LogP contribution in [-0.2, 0) is 14.1 Å². The van der Waals surface area contributed by atoms with Crippen LogP contribution in [0.3, 0.4) is 0 Å². The van der Waals surface area contributed by atoms with Gasteiger partial charge in [-0.2, -0.15) is 0 Å². The summed E-state index contributed by atoms with van der Waals surface area (Å²) in [6.07, 6.45) is 0. The summed E-state index contributed by atoms with van der Waals surface area (Å²) in [5.41, 5.74) is 0. The van der Waals surface area contributed by atoms with Gasteiger partial charge in [0, 0.05) is 0 Å². The average Bonchev–Trinajstić information content (AvgIpc) is 2.77. The van der Waals surface area contributed by atoms with Gasteiger partial charge in [-0.15, -0.1) is 0 Å². The van der Waals surface area contributed by atoms with Gasteiger partial charge in [-0.3, -0.25) is 0 Å². The number of benzene rings is 4. The molecule has 0 nitrogen and oxygen atoms in total. The van der Waals surface area contributed by atoms with Crippen molar-refractivity contribution >= 4 is 34.4 Å². The molecule has 0 fully saturated rings. The van der Waals surface area contributed by atoms with Crippen LogP contribution in [0.4, 0.5) is 0 Å². The van der Waals surface area contributed by atoms with E-state index >= 15 is 0 Å². The fourth-order valence-corrected chi connectivity index (χ4v) is 15.5. The molecule has 0 aliphatic carbocycles. The van der Waals surface area contributed by atoms with Crippen molar-refractivity contribution in [1.29, 1.82) is 0 Å². The van der Waals surface area contributed by atoms with Gasteiger partial charge in [-0.25, -0.2) is 0 Å². The maximum atomic E-state index is 2.29. The van der Waals surface area contributed by atoms with Gasteiger partial charge in [0.05, 0.1) is 0 Å². The van der Waals surface area contributed by atoms with Gasteiger partial charge in [0.15, 0.2) is 0 Å². The maximum absolute atomic E-state index is 2.29. The molecule has 27 heavy (non-hydrogen) atoms. The molecule has 0 N–H and O–H groups in total. The molecule has 0 aliphatic rings. The second-order valence-corrected chi connectivity index (χ2v) is 14.6. The molecule has 0 saturated carbocycles. The standard InChI is InChI=1S/2C12H10P.Fe/c2*1-3-7-11(8-4-1)13-12-9-5-2-6-10-12;/h2*1-10H;/q2*-1;+2. The van der Waals surface area contributed by atoms with Crippen LogP contribution in [0.5, 0.6) is 0 Å². The van der Waals surface area contributed by atoms with Crippen molar-refractivity contribution in [2.75, 3.05) is 0 Å². The molecule has 0 saturated heterocycles. The fourth-order valence-electron chi connectivity index (χ4n) is 2.75. The van der Waals surface area contributed by atoms with Crippen molar-refractivity contribution in [2.24, 2.45) is 0 Å². The summed E-state index contributed by atoms with van der Waals surface area (Å²) in [7, 11) is 0. The molecule has 0 aliphatic heterocycles. The zero-order chi connectivity index (χ0) is 18.3. The van der Waals surface area contributed by atoms with Crippen LogP contribution >= 0.6 is 13.2 Å². The number of rotatable bonds is 6. The van der Waals surface area contributed by atoms with E-state index in [2.05, 4.69) is 121 Å². The van der Waals surface area contributed by atoms with Crippen LogP contribution < -0.4 is 21.2 Å². The first-order chi connectivity index (χ1) is 13.4. The Morgan fingerprint density at radius 1 is 0.333 bits per heavy atom. The molecule has 0 amide bonds. The molecule has 4 rings (SSSR count). The van der Waals surface area contributed by atoms with E-state index in [1.807, 2.05) is 0 Å². The first-order valence-corrected chi connectivity index (χ1v) is 14.2. The summed E-state index contributed by atoms with van der Waals surface area (Å²) in [4.78, 5) is 0. The molecule has 4 aromatic rings. The van der Waals surface area contributed by atoms with Gasteiger partial charge in [-0.1, -0.05) is 0 Å². The van der Waals surface area contributed by atoms with Crippen LogP contribution in [0.25, 0.3) is 0 Å². The number of hydrogen-bond acceptors (Lipinski definition) is 0. The van der Waals surface area contributed by atoms with E-state index in [0.29, 0.717) is 0 Å². The van der Waals surface area contributed by atoms with Crippen molar-refractivity contribution < 1.29 is 14.1 Å². The monoisotopic (exact) mass is 426 g/mol. The molecule has 0 heterocycles. The molecule has 0 bridgehead atoms. The van der Waals surface area contributed by atoms with Crippen molar-refractivity contribution in [1.82, 2.24) is 0 Å². The minimum absolute atomic E-state index is 0.409. The topological polar surface area (TPSA) is 0 Å². The summed E-state index contributed by atoms with van der Waals surface area (Å²) in [5, 5.41) is 5.83. The van der Waals surface area contributed by atoms with Crippen molar-refractivity contribution in [3.05, 3.63) is 121 Å². The van der Waals surface area contributed by atoms with E-state index in [-0.39, 0.29) is 0 Å². The van der Waals surface area contributed by atoms with Crippen LogP contribution in [0, 0.1) is 0 Å². The van der Waals surface area contributed by atoms with Gasteiger partial charge in [0.2, 0.25) is 0 Å². The molecule has 3 heteroatoms. The third kappa shape index (κ3) is 4.76. The Kier molecular flexibility index (Phi) is 6.52. The zero-order valence-corrected chi connectivity index (χ0v) is 17.7. The molecule has 134 valence electrons. The predicted molar refractivity (Wildman–Crippen MR) is 118 cm³/mol. The van der Waals surface area contributed by atoms with Gasteiger partial charge in [0.25, 0.3) is 0 Å². The number of hydrogen-bond donors (Lipinski definition) is 0. The third-order valence-electron chi connectivity index (χ3n) is 4.05. The van der Waals surface area contributed by atoms with E-state index in [1.165, 1.54) is 35.3 Å². The minimum atomic E-state index is -0.409. The van der Waals surface area contributed by atoms with Crippen molar-refractivity contribution in [3.63, 3.8) is 0 Å². The van der Waals surface area contributed by atoms with E-state index in [0.717, 1.165) is 0 Å². The quantitative estimate of drug-likeness (QED) is 0.295.